The number of aliphatic hydroxyl groups is 1. The number of aromatic nitrogens is 2. The second-order valence-corrected chi connectivity index (χ2v) is 8.16. The maximum Gasteiger partial charge on any atom is 0.573 e. The van der Waals surface area contributed by atoms with E-state index < -0.39 is 12.0 Å². The predicted molar refractivity (Wildman–Crippen MR) is 129 cm³/mol. The van der Waals surface area contributed by atoms with Crippen molar-refractivity contribution in [2.45, 2.75) is 12.0 Å². The van der Waals surface area contributed by atoms with Gasteiger partial charge < -0.3 is 19.1 Å². The molecule has 4 aromatic rings. The Morgan fingerprint density at radius 3 is 2.27 bits per heavy atom. The lowest BCUT2D eigenvalue weighted by Crippen LogP contribution is -2.36. The van der Waals surface area contributed by atoms with E-state index in [0.29, 0.717) is 39.3 Å². The maximum atomic E-state index is 12.6. The van der Waals surface area contributed by atoms with Crippen molar-refractivity contribution in [2.75, 3.05) is 6.61 Å². The molecule has 37 heavy (non-hydrogen) atoms. The van der Waals surface area contributed by atoms with Crippen LogP contribution in [0.25, 0.3) is 11.1 Å². The van der Waals surface area contributed by atoms with E-state index in [0.717, 1.165) is 0 Å². The van der Waals surface area contributed by atoms with E-state index in [1.165, 1.54) is 30.5 Å². The third kappa shape index (κ3) is 5.58. The van der Waals surface area contributed by atoms with Crippen LogP contribution >= 0.6 is 0 Å². The minimum atomic E-state index is -4.80. The van der Waals surface area contributed by atoms with Gasteiger partial charge in [-0.15, -0.1) is 19.6 Å². The topological polar surface area (TPSA) is 80.3 Å². The summed E-state index contributed by atoms with van der Waals surface area (Å²) in [5, 5.41) is 21.0. The highest BCUT2D eigenvalue weighted by Crippen LogP contribution is 2.36. The van der Waals surface area contributed by atoms with Crippen LogP contribution in [0, 0.1) is 23.7 Å². The predicted octanol–water partition coefficient (Wildman–Crippen LogP) is 5.15. The van der Waals surface area contributed by atoms with Gasteiger partial charge in [-0.25, -0.2) is 4.98 Å². The first-order chi connectivity index (χ1) is 17.6. The fourth-order valence-electron chi connectivity index (χ4n) is 3.87. The molecular formula is C28H20F3N3O3. The first-order valence-corrected chi connectivity index (χ1v) is 10.9. The van der Waals surface area contributed by atoms with Gasteiger partial charge in [0.25, 0.3) is 0 Å². The molecule has 0 aliphatic heterocycles. The molecule has 1 aromatic heterocycles. The highest BCUT2D eigenvalue weighted by atomic mass is 19.4. The standard InChI is InChI=1S/C28H20F3N3O3/c1-3-19-6-13-25(24(14-19)21-7-11-23(12-8-21)37-28(29,30)31)36-17-27(35,26-16-33-18-34(26)2)22-9-4-20(15-32)5-10-22/h1,4-14,16,18,35H,17H2,2H3/t27-/m0/s1. The van der Waals surface area contributed by atoms with Crippen LogP contribution in [0.5, 0.6) is 11.5 Å². The number of nitrogens with zero attached hydrogens (tertiary/aromatic N) is 3. The van der Waals surface area contributed by atoms with Crippen molar-refractivity contribution in [3.8, 4) is 41.0 Å². The summed E-state index contributed by atoms with van der Waals surface area (Å²) in [6.45, 7) is -0.240. The molecule has 1 N–H and O–H groups in total. The maximum absolute atomic E-state index is 12.6. The number of benzene rings is 3. The number of ether oxygens (including phenoxy) is 2. The minimum absolute atomic E-state index is 0.240. The molecule has 1 atom stereocenters. The molecule has 0 fully saturated rings. The van der Waals surface area contributed by atoms with E-state index in [2.05, 4.69) is 15.6 Å². The zero-order valence-corrected chi connectivity index (χ0v) is 19.5. The average molecular weight is 503 g/mol. The van der Waals surface area contributed by atoms with E-state index >= 15 is 0 Å². The van der Waals surface area contributed by atoms with Crippen molar-refractivity contribution in [2.24, 2.45) is 7.05 Å². The largest absolute Gasteiger partial charge is 0.573 e. The van der Waals surface area contributed by atoms with Crippen molar-refractivity contribution >= 4 is 0 Å². The van der Waals surface area contributed by atoms with Crippen molar-refractivity contribution in [3.63, 3.8) is 0 Å². The minimum Gasteiger partial charge on any atom is -0.489 e. The number of imidazole rings is 1. The molecule has 4 rings (SSSR count). The summed E-state index contributed by atoms with van der Waals surface area (Å²) < 4.78 is 49.4. The van der Waals surface area contributed by atoms with Gasteiger partial charge in [0.2, 0.25) is 0 Å². The molecule has 0 amide bonds. The Bertz CT molecular complexity index is 1480. The monoisotopic (exact) mass is 503 g/mol. The molecule has 0 unspecified atom stereocenters. The first kappa shape index (κ1) is 25.4. The molecular weight excluding hydrogens is 483 g/mol. The Morgan fingerprint density at radius 1 is 1.03 bits per heavy atom. The average Bonchev–Trinajstić information content (AvgIpc) is 3.33. The lowest BCUT2D eigenvalue weighted by molar-refractivity contribution is -0.274. The van der Waals surface area contributed by atoms with Gasteiger partial charge in [0.05, 0.1) is 29.9 Å². The number of nitriles is 1. The van der Waals surface area contributed by atoms with Gasteiger partial charge in [0, 0.05) is 18.2 Å². The Kier molecular flexibility index (Phi) is 6.92. The number of hydrogen-bond acceptors (Lipinski definition) is 5. The van der Waals surface area contributed by atoms with Gasteiger partial charge in [-0.3, -0.25) is 0 Å². The van der Waals surface area contributed by atoms with Crippen LogP contribution in [0.3, 0.4) is 0 Å². The van der Waals surface area contributed by atoms with E-state index in [1.807, 2.05) is 6.07 Å². The summed E-state index contributed by atoms with van der Waals surface area (Å²) in [6, 6.07) is 18.8. The molecule has 0 saturated heterocycles. The zero-order valence-electron chi connectivity index (χ0n) is 19.5. The Labute approximate surface area is 211 Å². The second kappa shape index (κ2) is 10.1. The molecule has 0 aliphatic carbocycles. The van der Waals surface area contributed by atoms with Crippen molar-refractivity contribution in [3.05, 3.63) is 102 Å². The highest BCUT2D eigenvalue weighted by Gasteiger charge is 2.36. The summed E-state index contributed by atoms with van der Waals surface area (Å²) in [6.07, 6.45) is 3.81. The third-order valence-electron chi connectivity index (χ3n) is 5.71. The molecule has 6 nitrogen and oxygen atoms in total. The summed E-state index contributed by atoms with van der Waals surface area (Å²) >= 11 is 0. The normalized spacial score (nSPS) is 12.7. The molecule has 3 aromatic carbocycles. The number of aryl methyl sites for hydroxylation is 1. The number of terminal acetylenes is 1. The van der Waals surface area contributed by atoms with Crippen LogP contribution < -0.4 is 9.47 Å². The number of rotatable bonds is 7. The molecule has 1 heterocycles. The van der Waals surface area contributed by atoms with Crippen molar-refractivity contribution in [1.82, 2.24) is 9.55 Å². The van der Waals surface area contributed by atoms with Crippen LogP contribution in [0.4, 0.5) is 13.2 Å². The number of halogens is 3. The summed E-state index contributed by atoms with van der Waals surface area (Å²) in [5.41, 5.74) is 1.30. The van der Waals surface area contributed by atoms with Crippen molar-refractivity contribution < 1.29 is 27.8 Å². The van der Waals surface area contributed by atoms with E-state index in [9.17, 15) is 18.3 Å². The summed E-state index contributed by atoms with van der Waals surface area (Å²) in [7, 11) is 1.73. The Balaban J connectivity index is 1.70. The van der Waals surface area contributed by atoms with Gasteiger partial charge in [-0.1, -0.05) is 30.2 Å². The van der Waals surface area contributed by atoms with Crippen LogP contribution in [0.15, 0.2) is 79.3 Å². The van der Waals surface area contributed by atoms with Gasteiger partial charge in [-0.05, 0) is 53.6 Å². The smallest absolute Gasteiger partial charge is 0.489 e. The van der Waals surface area contributed by atoms with Crippen LogP contribution in [-0.4, -0.2) is 27.6 Å². The van der Waals surface area contributed by atoms with Gasteiger partial charge >= 0.3 is 6.36 Å². The van der Waals surface area contributed by atoms with Gasteiger partial charge in [-0.2, -0.15) is 5.26 Å². The molecule has 0 radical (unpaired) electrons. The van der Waals surface area contributed by atoms with Gasteiger partial charge in [0.15, 0.2) is 5.60 Å². The fourth-order valence-corrected chi connectivity index (χ4v) is 3.87. The van der Waals surface area contributed by atoms with Gasteiger partial charge in [0.1, 0.15) is 18.1 Å². The lowest BCUT2D eigenvalue weighted by atomic mass is 9.90. The second-order valence-electron chi connectivity index (χ2n) is 8.16. The molecule has 0 spiro atoms. The highest BCUT2D eigenvalue weighted by molar-refractivity contribution is 5.72. The molecule has 9 heteroatoms. The fraction of sp³-hybridized carbons (Fsp3) is 0.143. The van der Waals surface area contributed by atoms with E-state index in [1.54, 1.807) is 60.4 Å². The van der Waals surface area contributed by atoms with E-state index in [4.69, 9.17) is 16.4 Å². The summed E-state index contributed by atoms with van der Waals surface area (Å²) in [5.74, 6) is 2.51. The van der Waals surface area contributed by atoms with Crippen LogP contribution in [-0.2, 0) is 12.6 Å². The SMILES string of the molecule is C#Cc1ccc(OC[C@](O)(c2ccc(C#N)cc2)c2cncn2C)c(-c2ccc(OC(F)(F)F)cc2)c1. The Morgan fingerprint density at radius 2 is 1.70 bits per heavy atom. The Hall–Kier alpha value is -4.73. The third-order valence-corrected chi connectivity index (χ3v) is 5.71. The van der Waals surface area contributed by atoms with Crippen LogP contribution in [0.1, 0.15) is 22.4 Å². The van der Waals surface area contributed by atoms with Crippen molar-refractivity contribution in [1.29, 1.82) is 5.26 Å². The molecule has 0 saturated carbocycles. The molecule has 0 bridgehead atoms. The first-order valence-electron chi connectivity index (χ1n) is 10.9. The van der Waals surface area contributed by atoms with E-state index in [-0.39, 0.29) is 12.4 Å². The van der Waals surface area contributed by atoms with Crippen LogP contribution in [0.2, 0.25) is 0 Å². The lowest BCUT2D eigenvalue weighted by Gasteiger charge is -2.29. The number of hydrogen-bond donors (Lipinski definition) is 1. The number of alkyl halides is 3. The molecule has 0 aliphatic rings. The zero-order chi connectivity index (χ0) is 26.6. The molecule has 186 valence electrons. The summed E-state index contributed by atoms with van der Waals surface area (Å²) in [4.78, 5) is 4.10. The quantitative estimate of drug-likeness (QED) is 0.353.